The molecule has 1 unspecified atom stereocenters. The van der Waals surface area contributed by atoms with Crippen molar-refractivity contribution in [3.05, 3.63) is 53.5 Å². The highest BCUT2D eigenvalue weighted by molar-refractivity contribution is 5.54. The number of anilines is 1. The molecular formula is C16H21NO. The normalized spacial score (nSPS) is 12.4. The van der Waals surface area contributed by atoms with E-state index in [0.717, 1.165) is 18.6 Å². The van der Waals surface area contributed by atoms with Crippen LogP contribution in [0.3, 0.4) is 0 Å². The standard InChI is InChI=1S/C16H21NO/c1-12-6-4-8-16(14(12)3)17-13(2)9-10-15-7-5-11-18-15/h4-8,11,13,17H,9-10H2,1-3H3. The van der Waals surface area contributed by atoms with Gasteiger partial charge in [-0.2, -0.15) is 0 Å². The minimum atomic E-state index is 0.440. The van der Waals surface area contributed by atoms with Crippen LogP contribution in [0, 0.1) is 13.8 Å². The largest absolute Gasteiger partial charge is 0.469 e. The first-order valence-electron chi connectivity index (χ1n) is 6.52. The van der Waals surface area contributed by atoms with E-state index < -0.39 is 0 Å². The zero-order valence-electron chi connectivity index (χ0n) is 11.4. The molecular weight excluding hydrogens is 222 g/mol. The molecule has 0 aliphatic heterocycles. The zero-order valence-corrected chi connectivity index (χ0v) is 11.4. The van der Waals surface area contributed by atoms with Crippen LogP contribution in [0.4, 0.5) is 5.69 Å². The first-order chi connectivity index (χ1) is 8.66. The van der Waals surface area contributed by atoms with Gasteiger partial charge in [-0.25, -0.2) is 0 Å². The van der Waals surface area contributed by atoms with E-state index in [9.17, 15) is 0 Å². The van der Waals surface area contributed by atoms with Crippen LogP contribution in [0.15, 0.2) is 41.0 Å². The molecule has 0 saturated heterocycles. The summed E-state index contributed by atoms with van der Waals surface area (Å²) in [6.45, 7) is 6.52. The molecule has 2 nitrogen and oxygen atoms in total. The van der Waals surface area contributed by atoms with Gasteiger partial charge in [0.05, 0.1) is 6.26 Å². The van der Waals surface area contributed by atoms with Crippen molar-refractivity contribution in [3.8, 4) is 0 Å². The SMILES string of the molecule is Cc1cccc(NC(C)CCc2ccco2)c1C. The first kappa shape index (κ1) is 12.7. The van der Waals surface area contributed by atoms with Crippen LogP contribution in [0.25, 0.3) is 0 Å². The average molecular weight is 243 g/mol. The van der Waals surface area contributed by atoms with Crippen molar-refractivity contribution in [2.45, 2.75) is 39.7 Å². The van der Waals surface area contributed by atoms with Crippen molar-refractivity contribution < 1.29 is 4.42 Å². The Morgan fingerprint density at radius 2 is 2.00 bits per heavy atom. The average Bonchev–Trinajstić information content (AvgIpc) is 2.86. The van der Waals surface area contributed by atoms with Crippen molar-refractivity contribution in [3.63, 3.8) is 0 Å². The number of nitrogens with one attached hydrogen (secondary N) is 1. The number of hydrogen-bond donors (Lipinski definition) is 1. The lowest BCUT2D eigenvalue weighted by Gasteiger charge is -2.17. The molecule has 1 atom stereocenters. The Hall–Kier alpha value is -1.70. The summed E-state index contributed by atoms with van der Waals surface area (Å²) >= 11 is 0. The summed E-state index contributed by atoms with van der Waals surface area (Å²) in [5.74, 6) is 1.06. The summed E-state index contributed by atoms with van der Waals surface area (Å²) in [4.78, 5) is 0. The highest BCUT2D eigenvalue weighted by atomic mass is 16.3. The summed E-state index contributed by atoms with van der Waals surface area (Å²) in [5, 5.41) is 3.57. The van der Waals surface area contributed by atoms with Crippen molar-refractivity contribution in [2.75, 3.05) is 5.32 Å². The van der Waals surface area contributed by atoms with Crippen molar-refractivity contribution in [1.82, 2.24) is 0 Å². The highest BCUT2D eigenvalue weighted by Gasteiger charge is 2.06. The predicted octanol–water partition coefficient (Wildman–Crippen LogP) is 4.33. The van der Waals surface area contributed by atoms with E-state index in [1.165, 1.54) is 16.8 Å². The molecule has 2 heteroatoms. The minimum Gasteiger partial charge on any atom is -0.469 e. The van der Waals surface area contributed by atoms with E-state index in [0.29, 0.717) is 6.04 Å². The highest BCUT2D eigenvalue weighted by Crippen LogP contribution is 2.19. The second kappa shape index (κ2) is 5.76. The van der Waals surface area contributed by atoms with Gasteiger partial charge < -0.3 is 9.73 Å². The smallest absolute Gasteiger partial charge is 0.103 e. The van der Waals surface area contributed by atoms with Gasteiger partial charge in [0.15, 0.2) is 0 Å². The monoisotopic (exact) mass is 243 g/mol. The van der Waals surface area contributed by atoms with Gasteiger partial charge in [-0.3, -0.25) is 0 Å². The fourth-order valence-corrected chi connectivity index (χ4v) is 2.06. The number of hydrogen-bond acceptors (Lipinski definition) is 2. The molecule has 0 amide bonds. The van der Waals surface area contributed by atoms with Gasteiger partial charge in [0, 0.05) is 18.2 Å². The zero-order chi connectivity index (χ0) is 13.0. The van der Waals surface area contributed by atoms with E-state index in [4.69, 9.17) is 4.42 Å². The van der Waals surface area contributed by atoms with Crippen LogP contribution in [-0.4, -0.2) is 6.04 Å². The van der Waals surface area contributed by atoms with Gasteiger partial charge >= 0.3 is 0 Å². The second-order valence-electron chi connectivity index (χ2n) is 4.91. The molecule has 18 heavy (non-hydrogen) atoms. The molecule has 96 valence electrons. The fourth-order valence-electron chi connectivity index (χ4n) is 2.06. The second-order valence-corrected chi connectivity index (χ2v) is 4.91. The molecule has 0 saturated carbocycles. The maximum atomic E-state index is 5.35. The summed E-state index contributed by atoms with van der Waals surface area (Å²) in [6.07, 6.45) is 3.78. The lowest BCUT2D eigenvalue weighted by atomic mass is 10.1. The summed E-state index contributed by atoms with van der Waals surface area (Å²) in [6, 6.07) is 10.8. The van der Waals surface area contributed by atoms with Crippen molar-refractivity contribution in [2.24, 2.45) is 0 Å². The van der Waals surface area contributed by atoms with Gasteiger partial charge in [0.1, 0.15) is 5.76 Å². The summed E-state index contributed by atoms with van der Waals surface area (Å²) < 4.78 is 5.35. The predicted molar refractivity (Wildman–Crippen MR) is 76.0 cm³/mol. The minimum absolute atomic E-state index is 0.440. The van der Waals surface area contributed by atoms with Gasteiger partial charge in [-0.1, -0.05) is 12.1 Å². The molecule has 0 aliphatic carbocycles. The molecule has 0 fully saturated rings. The molecule has 2 aromatic rings. The molecule has 1 aromatic carbocycles. The van der Waals surface area contributed by atoms with Crippen LogP contribution in [0.5, 0.6) is 0 Å². The topological polar surface area (TPSA) is 25.2 Å². The van der Waals surface area contributed by atoms with Crippen LogP contribution < -0.4 is 5.32 Å². The molecule has 2 rings (SSSR count). The third-order valence-electron chi connectivity index (χ3n) is 3.41. The Balaban J connectivity index is 1.90. The number of aryl methyl sites for hydroxylation is 2. The van der Waals surface area contributed by atoms with Gasteiger partial charge in [-0.15, -0.1) is 0 Å². The Morgan fingerprint density at radius 3 is 2.72 bits per heavy atom. The number of benzene rings is 1. The van der Waals surface area contributed by atoms with E-state index in [1.807, 2.05) is 12.1 Å². The lowest BCUT2D eigenvalue weighted by molar-refractivity contribution is 0.495. The van der Waals surface area contributed by atoms with E-state index in [-0.39, 0.29) is 0 Å². The third kappa shape index (κ3) is 3.16. The molecule has 1 N–H and O–H groups in total. The van der Waals surface area contributed by atoms with Gasteiger partial charge in [0.2, 0.25) is 0 Å². The maximum Gasteiger partial charge on any atom is 0.103 e. The van der Waals surface area contributed by atoms with E-state index >= 15 is 0 Å². The molecule has 0 spiro atoms. The quantitative estimate of drug-likeness (QED) is 0.845. The molecule has 1 aromatic heterocycles. The van der Waals surface area contributed by atoms with Crippen LogP contribution >= 0.6 is 0 Å². The Bertz CT molecular complexity index is 488. The molecule has 0 radical (unpaired) electrons. The summed E-state index contributed by atoms with van der Waals surface area (Å²) in [5.41, 5.74) is 3.91. The van der Waals surface area contributed by atoms with Crippen molar-refractivity contribution in [1.29, 1.82) is 0 Å². The molecule has 0 bridgehead atoms. The lowest BCUT2D eigenvalue weighted by Crippen LogP contribution is -2.16. The summed E-state index contributed by atoms with van der Waals surface area (Å²) in [7, 11) is 0. The maximum absolute atomic E-state index is 5.35. The first-order valence-corrected chi connectivity index (χ1v) is 6.52. The van der Waals surface area contributed by atoms with Crippen molar-refractivity contribution >= 4 is 5.69 Å². The van der Waals surface area contributed by atoms with Crippen LogP contribution in [0.1, 0.15) is 30.2 Å². The van der Waals surface area contributed by atoms with Crippen LogP contribution in [-0.2, 0) is 6.42 Å². The number of rotatable bonds is 5. The van der Waals surface area contributed by atoms with Gasteiger partial charge in [-0.05, 0) is 56.5 Å². The third-order valence-corrected chi connectivity index (χ3v) is 3.41. The fraction of sp³-hybridized carbons (Fsp3) is 0.375. The molecule has 1 heterocycles. The molecule has 0 aliphatic rings. The Kier molecular flexibility index (Phi) is 4.08. The van der Waals surface area contributed by atoms with E-state index in [2.05, 4.69) is 44.3 Å². The Labute approximate surface area is 109 Å². The van der Waals surface area contributed by atoms with Gasteiger partial charge in [0.25, 0.3) is 0 Å². The Morgan fingerprint density at radius 1 is 1.17 bits per heavy atom. The van der Waals surface area contributed by atoms with E-state index in [1.54, 1.807) is 6.26 Å². The van der Waals surface area contributed by atoms with Crippen LogP contribution in [0.2, 0.25) is 0 Å². The number of furan rings is 1.